The molecule has 0 aliphatic heterocycles. The third-order valence-electron chi connectivity index (χ3n) is 3.40. The normalized spacial score (nSPS) is 19.8. The summed E-state index contributed by atoms with van der Waals surface area (Å²) in [6.45, 7) is 2.39. The van der Waals surface area contributed by atoms with Crippen molar-refractivity contribution in [3.8, 4) is 6.07 Å². The van der Waals surface area contributed by atoms with Crippen molar-refractivity contribution < 1.29 is 9.59 Å². The Bertz CT molecular complexity index is 545. The van der Waals surface area contributed by atoms with Crippen LogP contribution >= 0.6 is 0 Å². The largest absolute Gasteiger partial charge is 0.355 e. The molecule has 2 atom stereocenters. The molecule has 1 fully saturated rings. The van der Waals surface area contributed by atoms with Crippen LogP contribution in [0.1, 0.15) is 25.3 Å². The van der Waals surface area contributed by atoms with Crippen LogP contribution in [0.15, 0.2) is 24.3 Å². The van der Waals surface area contributed by atoms with Crippen molar-refractivity contribution in [1.82, 2.24) is 5.32 Å². The maximum Gasteiger partial charge on any atom is 0.226 e. The third kappa shape index (κ3) is 3.82. The summed E-state index contributed by atoms with van der Waals surface area (Å²) < 4.78 is 0. The van der Waals surface area contributed by atoms with E-state index in [2.05, 4.69) is 10.6 Å². The minimum Gasteiger partial charge on any atom is -0.355 e. The number of carbonyl (C=O) groups is 2. The van der Waals surface area contributed by atoms with E-state index in [1.54, 1.807) is 24.3 Å². The summed E-state index contributed by atoms with van der Waals surface area (Å²) in [5.41, 5.74) is 1.20. The highest BCUT2D eigenvalue weighted by Crippen LogP contribution is 2.37. The van der Waals surface area contributed by atoms with Gasteiger partial charge in [-0.2, -0.15) is 5.26 Å². The molecule has 20 heavy (non-hydrogen) atoms. The van der Waals surface area contributed by atoms with Gasteiger partial charge in [0.1, 0.15) is 0 Å². The molecule has 2 amide bonds. The van der Waals surface area contributed by atoms with Gasteiger partial charge in [0.25, 0.3) is 0 Å². The van der Waals surface area contributed by atoms with Crippen molar-refractivity contribution in [3.63, 3.8) is 0 Å². The lowest BCUT2D eigenvalue weighted by molar-refractivity contribution is -0.122. The van der Waals surface area contributed by atoms with Crippen molar-refractivity contribution in [3.05, 3.63) is 29.8 Å². The molecule has 2 N–H and O–H groups in total. The van der Waals surface area contributed by atoms with Crippen LogP contribution in [-0.4, -0.2) is 18.4 Å². The standard InChI is InChI=1S/C15H17N3O2/c1-10-8-13(10)15(20)17-7-6-14(19)18-12-4-2-11(9-16)3-5-12/h2-5,10,13H,6-8H2,1H3,(H,17,20)(H,18,19)/t10-,13-/m0/s1. The summed E-state index contributed by atoms with van der Waals surface area (Å²) in [7, 11) is 0. The van der Waals surface area contributed by atoms with E-state index < -0.39 is 0 Å². The molecule has 0 saturated heterocycles. The van der Waals surface area contributed by atoms with E-state index in [0.29, 0.717) is 23.7 Å². The van der Waals surface area contributed by atoms with Gasteiger partial charge in [0.2, 0.25) is 11.8 Å². The van der Waals surface area contributed by atoms with Gasteiger partial charge in [-0.15, -0.1) is 0 Å². The number of benzene rings is 1. The summed E-state index contributed by atoms with van der Waals surface area (Å²) in [6.07, 6.45) is 1.19. The van der Waals surface area contributed by atoms with Gasteiger partial charge < -0.3 is 10.6 Å². The maximum absolute atomic E-state index is 11.7. The number of amides is 2. The number of anilines is 1. The van der Waals surface area contributed by atoms with Crippen LogP contribution in [0.3, 0.4) is 0 Å². The lowest BCUT2D eigenvalue weighted by Gasteiger charge is -2.06. The van der Waals surface area contributed by atoms with Crippen molar-refractivity contribution in [2.24, 2.45) is 11.8 Å². The molecule has 1 aliphatic carbocycles. The molecule has 5 heteroatoms. The molecule has 1 aromatic carbocycles. The first kappa shape index (κ1) is 14.1. The second-order valence-electron chi connectivity index (χ2n) is 5.10. The summed E-state index contributed by atoms with van der Waals surface area (Å²) in [5.74, 6) is 0.501. The van der Waals surface area contributed by atoms with Crippen molar-refractivity contribution in [2.75, 3.05) is 11.9 Å². The SMILES string of the molecule is C[C@H]1C[C@@H]1C(=O)NCCC(=O)Nc1ccc(C#N)cc1. The Kier molecular flexibility index (Phi) is 4.36. The predicted octanol–water partition coefficient (Wildman–Crippen LogP) is 1.66. The van der Waals surface area contributed by atoms with E-state index in [4.69, 9.17) is 5.26 Å². The summed E-state index contributed by atoms with van der Waals surface area (Å²) >= 11 is 0. The van der Waals surface area contributed by atoms with E-state index in [9.17, 15) is 9.59 Å². The first-order valence-corrected chi connectivity index (χ1v) is 6.68. The fraction of sp³-hybridized carbons (Fsp3) is 0.400. The Labute approximate surface area is 118 Å². The number of rotatable bonds is 5. The van der Waals surface area contributed by atoms with Gasteiger partial charge in [-0.25, -0.2) is 0 Å². The summed E-state index contributed by atoms with van der Waals surface area (Å²) in [5, 5.41) is 14.2. The van der Waals surface area contributed by atoms with Gasteiger partial charge in [-0.3, -0.25) is 9.59 Å². The quantitative estimate of drug-likeness (QED) is 0.854. The van der Waals surface area contributed by atoms with E-state index in [1.165, 1.54) is 0 Å². The minimum atomic E-state index is -0.154. The van der Waals surface area contributed by atoms with Crippen LogP contribution < -0.4 is 10.6 Å². The van der Waals surface area contributed by atoms with Crippen LogP contribution in [0.25, 0.3) is 0 Å². The molecule has 0 heterocycles. The molecule has 1 aliphatic rings. The van der Waals surface area contributed by atoms with Crippen LogP contribution in [0.4, 0.5) is 5.69 Å². The minimum absolute atomic E-state index is 0.0451. The van der Waals surface area contributed by atoms with E-state index >= 15 is 0 Å². The molecule has 1 saturated carbocycles. The van der Waals surface area contributed by atoms with Crippen molar-refractivity contribution in [1.29, 1.82) is 5.26 Å². The molecule has 104 valence electrons. The van der Waals surface area contributed by atoms with Crippen LogP contribution in [0, 0.1) is 23.2 Å². The zero-order chi connectivity index (χ0) is 14.5. The molecule has 0 aromatic heterocycles. The van der Waals surface area contributed by atoms with Gasteiger partial charge in [0.15, 0.2) is 0 Å². The number of nitriles is 1. The van der Waals surface area contributed by atoms with Gasteiger partial charge in [0.05, 0.1) is 11.6 Å². The smallest absolute Gasteiger partial charge is 0.226 e. The van der Waals surface area contributed by atoms with Gasteiger partial charge in [0, 0.05) is 24.6 Å². The Morgan fingerprint density at radius 1 is 1.35 bits per heavy atom. The topological polar surface area (TPSA) is 82.0 Å². The zero-order valence-corrected chi connectivity index (χ0v) is 11.3. The second-order valence-corrected chi connectivity index (χ2v) is 5.10. The molecule has 0 radical (unpaired) electrons. The molecular formula is C15H17N3O2. The number of carbonyl (C=O) groups excluding carboxylic acids is 2. The highest BCUT2D eigenvalue weighted by Gasteiger charge is 2.38. The number of nitrogens with one attached hydrogen (secondary N) is 2. The molecule has 1 aromatic rings. The Morgan fingerprint density at radius 3 is 2.55 bits per heavy atom. The second kappa shape index (κ2) is 6.20. The van der Waals surface area contributed by atoms with Crippen LogP contribution in [0.5, 0.6) is 0 Å². The van der Waals surface area contributed by atoms with Crippen molar-refractivity contribution >= 4 is 17.5 Å². The monoisotopic (exact) mass is 271 g/mol. The van der Waals surface area contributed by atoms with Gasteiger partial charge >= 0.3 is 0 Å². The lowest BCUT2D eigenvalue weighted by Crippen LogP contribution is -2.29. The molecule has 2 rings (SSSR count). The number of hydrogen-bond donors (Lipinski definition) is 2. The molecule has 5 nitrogen and oxygen atoms in total. The lowest BCUT2D eigenvalue weighted by atomic mass is 10.2. The van der Waals surface area contributed by atoms with E-state index in [1.807, 2.05) is 13.0 Å². The first-order chi connectivity index (χ1) is 9.60. The van der Waals surface area contributed by atoms with E-state index in [0.717, 1.165) is 6.42 Å². The van der Waals surface area contributed by atoms with Crippen molar-refractivity contribution in [2.45, 2.75) is 19.8 Å². The number of hydrogen-bond acceptors (Lipinski definition) is 3. The molecule has 0 bridgehead atoms. The van der Waals surface area contributed by atoms with E-state index in [-0.39, 0.29) is 24.2 Å². The average molecular weight is 271 g/mol. The molecule has 0 unspecified atom stereocenters. The fourth-order valence-electron chi connectivity index (χ4n) is 1.97. The van der Waals surface area contributed by atoms with Gasteiger partial charge in [-0.1, -0.05) is 6.92 Å². The Morgan fingerprint density at radius 2 is 2.00 bits per heavy atom. The first-order valence-electron chi connectivity index (χ1n) is 6.68. The van der Waals surface area contributed by atoms with Crippen LogP contribution in [-0.2, 0) is 9.59 Å². The highest BCUT2D eigenvalue weighted by atomic mass is 16.2. The predicted molar refractivity (Wildman–Crippen MR) is 74.7 cm³/mol. The molecular weight excluding hydrogens is 254 g/mol. The Hall–Kier alpha value is -2.35. The average Bonchev–Trinajstić information content (AvgIpc) is 3.17. The van der Waals surface area contributed by atoms with Crippen LogP contribution in [0.2, 0.25) is 0 Å². The number of nitrogens with zero attached hydrogens (tertiary/aromatic N) is 1. The summed E-state index contributed by atoms with van der Waals surface area (Å²) in [4.78, 5) is 23.2. The zero-order valence-electron chi connectivity index (χ0n) is 11.3. The molecule has 0 spiro atoms. The van der Waals surface area contributed by atoms with Gasteiger partial charge in [-0.05, 0) is 36.6 Å². The highest BCUT2D eigenvalue weighted by molar-refractivity contribution is 5.91. The Balaban J connectivity index is 1.69. The third-order valence-corrected chi connectivity index (χ3v) is 3.40. The maximum atomic E-state index is 11.7. The fourth-order valence-corrected chi connectivity index (χ4v) is 1.97. The summed E-state index contributed by atoms with van der Waals surface area (Å²) in [6, 6.07) is 8.67.